The number of esters is 1. The monoisotopic (exact) mass is 534 g/mol. The zero-order valence-electron chi connectivity index (χ0n) is 17.8. The average molecular weight is 535 g/mol. The number of nitrogens with one attached hydrogen (secondary N) is 2. The van der Waals surface area contributed by atoms with Crippen molar-refractivity contribution in [2.75, 3.05) is 11.9 Å². The lowest BCUT2D eigenvalue weighted by Gasteiger charge is -2.19. The highest BCUT2D eigenvalue weighted by atomic mass is 79.9. The minimum Gasteiger partial charge on any atom is -0.466 e. The van der Waals surface area contributed by atoms with Gasteiger partial charge in [0, 0.05) is 29.1 Å². The number of rotatable bonds is 10. The third-order valence-electron chi connectivity index (χ3n) is 4.57. The van der Waals surface area contributed by atoms with Gasteiger partial charge in [-0.15, -0.1) is 0 Å². The van der Waals surface area contributed by atoms with Crippen molar-refractivity contribution in [2.24, 2.45) is 0 Å². The Kier molecular flexibility index (Phi) is 8.37. The Morgan fingerprint density at radius 1 is 1.12 bits per heavy atom. The first-order valence-corrected chi connectivity index (χ1v) is 12.3. The molecule has 1 amide bonds. The summed E-state index contributed by atoms with van der Waals surface area (Å²) >= 11 is 3.27. The summed E-state index contributed by atoms with van der Waals surface area (Å²) in [5, 5.41) is 2.72. The van der Waals surface area contributed by atoms with Gasteiger partial charge in [0.05, 0.1) is 24.3 Å². The van der Waals surface area contributed by atoms with Crippen LogP contribution in [0.1, 0.15) is 12.5 Å². The molecule has 11 heteroatoms. The van der Waals surface area contributed by atoms with Crippen molar-refractivity contribution in [3.8, 4) is 0 Å². The maximum atomic E-state index is 13.0. The summed E-state index contributed by atoms with van der Waals surface area (Å²) in [6, 6.07) is 11.7. The fourth-order valence-electron chi connectivity index (χ4n) is 2.96. The molecule has 33 heavy (non-hydrogen) atoms. The molecule has 0 bridgehead atoms. The van der Waals surface area contributed by atoms with Gasteiger partial charge in [-0.05, 0) is 48.9 Å². The highest BCUT2D eigenvalue weighted by Gasteiger charge is 2.26. The van der Waals surface area contributed by atoms with Crippen molar-refractivity contribution in [3.05, 3.63) is 77.3 Å². The molecule has 1 unspecified atom stereocenters. The number of imidazole rings is 1. The predicted molar refractivity (Wildman–Crippen MR) is 126 cm³/mol. The summed E-state index contributed by atoms with van der Waals surface area (Å²) in [5.74, 6) is -0.875. The van der Waals surface area contributed by atoms with Crippen LogP contribution in [-0.2, 0) is 37.3 Å². The number of amides is 1. The van der Waals surface area contributed by atoms with Gasteiger partial charge in [-0.3, -0.25) is 9.59 Å². The van der Waals surface area contributed by atoms with Crippen LogP contribution in [-0.4, -0.2) is 42.5 Å². The lowest BCUT2D eigenvalue weighted by Crippen LogP contribution is -2.46. The number of halogens is 1. The Bertz CT molecular complexity index is 1180. The van der Waals surface area contributed by atoms with Crippen LogP contribution in [0.3, 0.4) is 0 Å². The number of nitrogens with zero attached hydrogens (tertiary/aromatic N) is 2. The van der Waals surface area contributed by atoms with Crippen LogP contribution in [0.5, 0.6) is 0 Å². The molecule has 0 spiro atoms. The van der Waals surface area contributed by atoms with Gasteiger partial charge in [0.25, 0.3) is 0 Å². The highest BCUT2D eigenvalue weighted by Crippen LogP contribution is 2.16. The number of anilines is 1. The third kappa shape index (κ3) is 7.24. The minimum absolute atomic E-state index is 0.0393. The van der Waals surface area contributed by atoms with Crippen LogP contribution in [0.15, 0.2) is 76.6 Å². The van der Waals surface area contributed by atoms with Crippen molar-refractivity contribution < 1.29 is 22.7 Å². The Morgan fingerprint density at radius 3 is 2.42 bits per heavy atom. The maximum Gasteiger partial charge on any atom is 0.310 e. The molecule has 0 aliphatic carbocycles. The first-order chi connectivity index (χ1) is 15.8. The first kappa shape index (κ1) is 24.6. The van der Waals surface area contributed by atoms with Crippen LogP contribution in [0.4, 0.5) is 5.69 Å². The van der Waals surface area contributed by atoms with E-state index in [1.165, 1.54) is 18.5 Å². The summed E-state index contributed by atoms with van der Waals surface area (Å²) in [7, 11) is -3.96. The molecular formula is C22H23BrN4O5S. The number of aromatic nitrogens is 2. The molecule has 1 heterocycles. The normalized spacial score (nSPS) is 12.2. The van der Waals surface area contributed by atoms with Gasteiger partial charge in [0.15, 0.2) is 0 Å². The molecule has 3 aromatic rings. The van der Waals surface area contributed by atoms with E-state index in [-0.39, 0.29) is 23.8 Å². The largest absolute Gasteiger partial charge is 0.466 e. The molecule has 2 aromatic carbocycles. The molecular weight excluding hydrogens is 512 g/mol. The van der Waals surface area contributed by atoms with Gasteiger partial charge in [-0.25, -0.2) is 13.4 Å². The van der Waals surface area contributed by atoms with Crippen molar-refractivity contribution >= 4 is 43.5 Å². The number of ether oxygens (including phenoxy) is 1. The summed E-state index contributed by atoms with van der Waals surface area (Å²) in [5.41, 5.74) is 1.20. The molecule has 1 atom stereocenters. The van der Waals surface area contributed by atoms with E-state index in [0.29, 0.717) is 12.3 Å². The third-order valence-corrected chi connectivity index (χ3v) is 6.58. The molecule has 9 nitrogen and oxygen atoms in total. The van der Waals surface area contributed by atoms with Gasteiger partial charge in [-0.1, -0.05) is 28.1 Å². The summed E-state index contributed by atoms with van der Waals surface area (Å²) in [4.78, 5) is 28.6. The number of sulfonamides is 1. The molecule has 174 valence electrons. The van der Waals surface area contributed by atoms with E-state index in [2.05, 4.69) is 31.0 Å². The number of carbonyl (C=O) groups excluding carboxylic acids is 2. The van der Waals surface area contributed by atoms with E-state index >= 15 is 0 Å². The average Bonchev–Trinajstić information content (AvgIpc) is 3.28. The van der Waals surface area contributed by atoms with Gasteiger partial charge < -0.3 is 14.6 Å². The fraction of sp³-hybridized carbons (Fsp3) is 0.227. The molecule has 2 N–H and O–H groups in total. The van der Waals surface area contributed by atoms with Crippen LogP contribution in [0.2, 0.25) is 0 Å². The van der Waals surface area contributed by atoms with Gasteiger partial charge >= 0.3 is 5.97 Å². The van der Waals surface area contributed by atoms with E-state index in [1.54, 1.807) is 60.3 Å². The topological polar surface area (TPSA) is 119 Å². The second kappa shape index (κ2) is 11.2. The number of hydrogen-bond donors (Lipinski definition) is 2. The second-order valence-corrected chi connectivity index (χ2v) is 9.68. The number of hydrogen-bond acceptors (Lipinski definition) is 6. The lowest BCUT2D eigenvalue weighted by molar-refractivity contribution is -0.142. The molecule has 0 saturated heterocycles. The summed E-state index contributed by atoms with van der Waals surface area (Å²) < 4.78 is 35.5. The minimum atomic E-state index is -3.96. The molecule has 0 aliphatic rings. The van der Waals surface area contributed by atoms with E-state index in [0.717, 1.165) is 10.0 Å². The predicted octanol–water partition coefficient (Wildman–Crippen LogP) is 2.74. The van der Waals surface area contributed by atoms with Crippen LogP contribution >= 0.6 is 15.9 Å². The van der Waals surface area contributed by atoms with Gasteiger partial charge in [0.2, 0.25) is 15.9 Å². The molecule has 0 fully saturated rings. The van der Waals surface area contributed by atoms with Crippen molar-refractivity contribution in [3.63, 3.8) is 0 Å². The van der Waals surface area contributed by atoms with E-state index in [4.69, 9.17) is 4.74 Å². The number of benzene rings is 2. The Balaban J connectivity index is 1.74. The van der Waals surface area contributed by atoms with E-state index < -0.39 is 22.0 Å². The quantitative estimate of drug-likeness (QED) is 0.386. The molecule has 3 rings (SSSR count). The molecule has 1 aromatic heterocycles. The zero-order chi connectivity index (χ0) is 23.8. The fourth-order valence-corrected chi connectivity index (χ4v) is 4.41. The van der Waals surface area contributed by atoms with E-state index in [9.17, 15) is 18.0 Å². The number of carbonyl (C=O) groups is 2. The first-order valence-electron chi connectivity index (χ1n) is 10.1. The zero-order valence-corrected chi connectivity index (χ0v) is 20.2. The SMILES string of the molecule is CCOC(=O)Cc1ccc(NC(=O)C(Cn2ccnc2)NS(=O)(=O)c2ccc(Br)cc2)cc1. The van der Waals surface area contributed by atoms with Gasteiger partial charge in [0.1, 0.15) is 6.04 Å². The molecule has 0 radical (unpaired) electrons. The highest BCUT2D eigenvalue weighted by molar-refractivity contribution is 9.10. The van der Waals surface area contributed by atoms with Crippen molar-refractivity contribution in [1.82, 2.24) is 14.3 Å². The standard InChI is InChI=1S/C22H23BrN4O5S/c1-2-32-21(28)13-16-3-7-18(8-4-16)25-22(29)20(14-27-12-11-24-15-27)26-33(30,31)19-9-5-17(23)6-10-19/h3-12,15,20,26H,2,13-14H2,1H3,(H,25,29). The lowest BCUT2D eigenvalue weighted by atomic mass is 10.1. The van der Waals surface area contributed by atoms with Crippen LogP contribution in [0, 0.1) is 0 Å². The Labute approximate surface area is 200 Å². The summed E-state index contributed by atoms with van der Waals surface area (Å²) in [6.07, 6.45) is 4.80. The second-order valence-electron chi connectivity index (χ2n) is 7.06. The van der Waals surface area contributed by atoms with E-state index in [1.807, 2.05) is 0 Å². The summed E-state index contributed by atoms with van der Waals surface area (Å²) in [6.45, 7) is 2.09. The van der Waals surface area contributed by atoms with Gasteiger partial charge in [-0.2, -0.15) is 4.72 Å². The maximum absolute atomic E-state index is 13.0. The Morgan fingerprint density at radius 2 is 1.82 bits per heavy atom. The van der Waals surface area contributed by atoms with Crippen molar-refractivity contribution in [2.45, 2.75) is 30.8 Å². The van der Waals surface area contributed by atoms with Crippen LogP contribution < -0.4 is 10.0 Å². The van der Waals surface area contributed by atoms with Crippen LogP contribution in [0.25, 0.3) is 0 Å². The van der Waals surface area contributed by atoms with Crippen molar-refractivity contribution in [1.29, 1.82) is 0 Å². The molecule has 0 aliphatic heterocycles. The molecule has 0 saturated carbocycles. The smallest absolute Gasteiger partial charge is 0.310 e. The Hall–Kier alpha value is -3.02.